The second-order valence-electron chi connectivity index (χ2n) is 3.38. The van der Waals surface area contributed by atoms with Crippen LogP contribution < -0.4 is 0 Å². The summed E-state index contributed by atoms with van der Waals surface area (Å²) in [7, 11) is 0. The fourth-order valence-electron chi connectivity index (χ4n) is 1.67. The van der Waals surface area contributed by atoms with Crippen LogP contribution in [0.15, 0.2) is 24.3 Å². The molecule has 0 amide bonds. The molecule has 0 saturated carbocycles. The third-order valence-electron chi connectivity index (χ3n) is 2.41. The summed E-state index contributed by atoms with van der Waals surface area (Å²) < 4.78 is 0. The van der Waals surface area contributed by atoms with Gasteiger partial charge in [-0.15, -0.1) is 0 Å². The third kappa shape index (κ3) is 1.75. The highest BCUT2D eigenvalue weighted by molar-refractivity contribution is 6.44. The molecule has 0 atom stereocenters. The Bertz CT molecular complexity index is 687. The zero-order valence-corrected chi connectivity index (χ0v) is 10.1. The fraction of sp³-hybridized carbons (Fsp3) is 0. The molecule has 0 saturated heterocycles. The molecule has 0 N–H and O–H groups in total. The minimum atomic E-state index is -0.829. The summed E-state index contributed by atoms with van der Waals surface area (Å²) >= 11 is 11.6. The number of nitro benzene ring substituents is 2. The molecule has 0 bridgehead atoms. The lowest BCUT2D eigenvalue weighted by molar-refractivity contribution is -0.392. The number of rotatable bonds is 2. The van der Waals surface area contributed by atoms with Gasteiger partial charge < -0.3 is 0 Å². The summed E-state index contributed by atoms with van der Waals surface area (Å²) in [5.41, 5.74) is -1.16. The van der Waals surface area contributed by atoms with E-state index in [9.17, 15) is 20.2 Å². The molecule has 2 aromatic carbocycles. The van der Waals surface area contributed by atoms with Crippen LogP contribution in [0.2, 0.25) is 10.0 Å². The molecular formula is C10H4Cl2N2O4. The molecule has 6 nitrogen and oxygen atoms in total. The van der Waals surface area contributed by atoms with Crippen LogP contribution in [0.4, 0.5) is 11.4 Å². The van der Waals surface area contributed by atoms with Crippen molar-refractivity contribution < 1.29 is 9.85 Å². The molecule has 0 unspecified atom stereocenters. The molecule has 2 rings (SSSR count). The van der Waals surface area contributed by atoms with Crippen LogP contribution in [-0.4, -0.2) is 9.85 Å². The predicted molar refractivity (Wildman–Crippen MR) is 67.3 cm³/mol. The summed E-state index contributed by atoms with van der Waals surface area (Å²) in [6, 6.07) is 6.05. The van der Waals surface area contributed by atoms with Gasteiger partial charge in [-0.3, -0.25) is 20.2 Å². The number of halogens is 2. The van der Waals surface area contributed by atoms with E-state index in [-0.39, 0.29) is 15.8 Å². The first kappa shape index (κ1) is 12.5. The number of nitro groups is 2. The van der Waals surface area contributed by atoms with Crippen molar-refractivity contribution >= 4 is 45.3 Å². The van der Waals surface area contributed by atoms with Gasteiger partial charge in [-0.05, 0) is 6.07 Å². The topological polar surface area (TPSA) is 86.3 Å². The highest BCUT2D eigenvalue weighted by atomic mass is 35.5. The molecule has 8 heteroatoms. The molecule has 18 heavy (non-hydrogen) atoms. The Kier molecular flexibility index (Phi) is 3.06. The number of hydrogen-bond acceptors (Lipinski definition) is 4. The number of nitrogens with zero attached hydrogens (tertiary/aromatic N) is 2. The smallest absolute Gasteiger partial charge is 0.258 e. The van der Waals surface area contributed by atoms with Crippen LogP contribution in [0.3, 0.4) is 0 Å². The van der Waals surface area contributed by atoms with Gasteiger partial charge in [0.2, 0.25) is 0 Å². The fourth-order valence-corrected chi connectivity index (χ4v) is 2.39. The maximum atomic E-state index is 11.0. The largest absolute Gasteiger partial charge is 0.314 e. The zero-order chi connectivity index (χ0) is 13.4. The first-order valence-corrected chi connectivity index (χ1v) is 5.39. The van der Waals surface area contributed by atoms with E-state index in [0.29, 0.717) is 0 Å². The van der Waals surface area contributed by atoms with Crippen LogP contribution in [0, 0.1) is 20.2 Å². The van der Waals surface area contributed by atoms with Gasteiger partial charge in [0.05, 0.1) is 15.2 Å². The van der Waals surface area contributed by atoms with E-state index in [1.807, 2.05) is 0 Å². The molecule has 0 heterocycles. The predicted octanol–water partition coefficient (Wildman–Crippen LogP) is 3.96. The van der Waals surface area contributed by atoms with Gasteiger partial charge in [0.1, 0.15) is 5.02 Å². The zero-order valence-electron chi connectivity index (χ0n) is 8.59. The number of hydrogen-bond donors (Lipinski definition) is 0. The van der Waals surface area contributed by atoms with Crippen molar-refractivity contribution in [3.05, 3.63) is 54.5 Å². The minimum Gasteiger partial charge on any atom is -0.258 e. The van der Waals surface area contributed by atoms with E-state index in [4.69, 9.17) is 23.2 Å². The Labute approximate surface area is 110 Å². The van der Waals surface area contributed by atoms with Crippen LogP contribution >= 0.6 is 23.2 Å². The Morgan fingerprint density at radius 2 is 1.33 bits per heavy atom. The number of fused-ring (bicyclic) bond motifs is 1. The second kappa shape index (κ2) is 4.40. The van der Waals surface area contributed by atoms with E-state index in [1.165, 1.54) is 12.1 Å². The van der Waals surface area contributed by atoms with Crippen LogP contribution in [0.5, 0.6) is 0 Å². The minimum absolute atomic E-state index is 0.170. The third-order valence-corrected chi connectivity index (χ3v) is 3.15. The maximum Gasteiger partial charge on any atom is 0.314 e. The molecule has 0 aliphatic carbocycles. The normalized spacial score (nSPS) is 10.6. The summed E-state index contributed by atoms with van der Waals surface area (Å²) in [6.45, 7) is 0. The Hall–Kier alpha value is -1.92. The SMILES string of the molecule is O=[N+]([O-])c1c(Cl)c([N+](=O)[O-])c2ccccc2c1Cl. The van der Waals surface area contributed by atoms with Gasteiger partial charge >= 0.3 is 11.4 Å². The first-order chi connectivity index (χ1) is 8.45. The molecule has 2 aromatic rings. The first-order valence-electron chi connectivity index (χ1n) is 4.63. The summed E-state index contributed by atoms with van der Waals surface area (Å²) in [5.74, 6) is 0. The van der Waals surface area contributed by atoms with E-state index in [2.05, 4.69) is 0 Å². The summed E-state index contributed by atoms with van der Waals surface area (Å²) in [5, 5.41) is 21.5. The van der Waals surface area contributed by atoms with Gasteiger partial charge in [-0.1, -0.05) is 41.4 Å². The molecule has 0 spiro atoms. The number of benzene rings is 2. The van der Waals surface area contributed by atoms with Crippen molar-refractivity contribution in [2.45, 2.75) is 0 Å². The summed E-state index contributed by atoms with van der Waals surface area (Å²) in [4.78, 5) is 20.3. The Morgan fingerprint density at radius 3 is 1.83 bits per heavy atom. The van der Waals surface area contributed by atoms with Crippen LogP contribution in [0.25, 0.3) is 10.8 Å². The van der Waals surface area contributed by atoms with Crippen LogP contribution in [0.1, 0.15) is 0 Å². The monoisotopic (exact) mass is 286 g/mol. The molecule has 0 fully saturated rings. The summed E-state index contributed by atoms with van der Waals surface area (Å²) in [6.07, 6.45) is 0. The van der Waals surface area contributed by atoms with Crippen molar-refractivity contribution in [1.29, 1.82) is 0 Å². The van der Waals surface area contributed by atoms with Gasteiger partial charge in [-0.2, -0.15) is 0 Å². The molecule has 0 aliphatic heterocycles. The van der Waals surface area contributed by atoms with Crippen molar-refractivity contribution in [1.82, 2.24) is 0 Å². The van der Waals surface area contributed by atoms with E-state index in [0.717, 1.165) is 0 Å². The molecular weight excluding hydrogens is 283 g/mol. The quantitative estimate of drug-likeness (QED) is 0.617. The van der Waals surface area contributed by atoms with Crippen molar-refractivity contribution in [3.63, 3.8) is 0 Å². The lowest BCUT2D eigenvalue weighted by atomic mass is 10.1. The van der Waals surface area contributed by atoms with E-state index >= 15 is 0 Å². The van der Waals surface area contributed by atoms with Crippen molar-refractivity contribution in [2.75, 3.05) is 0 Å². The Balaban J connectivity index is 3.06. The molecule has 92 valence electrons. The average molecular weight is 287 g/mol. The highest BCUT2D eigenvalue weighted by Gasteiger charge is 2.31. The highest BCUT2D eigenvalue weighted by Crippen LogP contribution is 2.45. The van der Waals surface area contributed by atoms with Gasteiger partial charge in [0, 0.05) is 5.39 Å². The van der Waals surface area contributed by atoms with Crippen molar-refractivity contribution in [2.24, 2.45) is 0 Å². The van der Waals surface area contributed by atoms with E-state index < -0.39 is 26.2 Å². The molecule has 0 aliphatic rings. The standard InChI is InChI=1S/C10H4Cl2N2O4/c11-7-5-3-1-2-4-6(5)9(13(15)16)8(12)10(7)14(17)18/h1-4H. The lowest BCUT2D eigenvalue weighted by Crippen LogP contribution is -1.97. The van der Waals surface area contributed by atoms with E-state index in [1.54, 1.807) is 12.1 Å². The lowest BCUT2D eigenvalue weighted by Gasteiger charge is -2.05. The van der Waals surface area contributed by atoms with Gasteiger partial charge in [0.15, 0.2) is 5.02 Å². The molecule has 0 aromatic heterocycles. The van der Waals surface area contributed by atoms with Crippen LogP contribution in [-0.2, 0) is 0 Å². The molecule has 0 radical (unpaired) electrons. The average Bonchev–Trinajstić information content (AvgIpc) is 2.28. The van der Waals surface area contributed by atoms with Crippen molar-refractivity contribution in [3.8, 4) is 0 Å². The Morgan fingerprint density at radius 1 is 0.833 bits per heavy atom. The van der Waals surface area contributed by atoms with Gasteiger partial charge in [-0.25, -0.2) is 0 Å². The second-order valence-corrected chi connectivity index (χ2v) is 4.14. The maximum absolute atomic E-state index is 11.0. The van der Waals surface area contributed by atoms with Gasteiger partial charge in [0.25, 0.3) is 0 Å².